The molecule has 0 spiro atoms. The number of halogens is 1. The highest BCUT2D eigenvalue weighted by molar-refractivity contribution is 7.96. The van der Waals surface area contributed by atoms with Gasteiger partial charge in [0.1, 0.15) is 45.2 Å². The summed E-state index contributed by atoms with van der Waals surface area (Å²) in [6, 6.07) is 6.05. The van der Waals surface area contributed by atoms with Crippen molar-refractivity contribution in [1.82, 2.24) is 9.97 Å². The van der Waals surface area contributed by atoms with E-state index in [0.29, 0.717) is 30.5 Å². The van der Waals surface area contributed by atoms with Gasteiger partial charge in [0.15, 0.2) is 0 Å². The van der Waals surface area contributed by atoms with E-state index in [4.69, 9.17) is 11.0 Å². The van der Waals surface area contributed by atoms with Gasteiger partial charge >= 0.3 is 0 Å². The van der Waals surface area contributed by atoms with E-state index in [0.717, 1.165) is 0 Å². The molecule has 9 nitrogen and oxygen atoms in total. The molecule has 0 aromatic carbocycles. The number of aryl methyl sites for hydroxylation is 1. The third-order valence-corrected chi connectivity index (χ3v) is 10.3. The number of amidine groups is 1. The van der Waals surface area contributed by atoms with E-state index in [-0.39, 0.29) is 23.0 Å². The molecule has 11 heteroatoms. The minimum atomic E-state index is -2.88. The number of aliphatic imine (C=N–C) groups is 1. The van der Waals surface area contributed by atoms with Crippen LogP contribution < -0.4 is 11.1 Å². The lowest BCUT2D eigenvalue weighted by molar-refractivity contribution is 0.102. The molecule has 0 unspecified atom stereocenters. The second kappa shape index (κ2) is 8.13. The Hall–Kier alpha value is -3.39. The number of anilines is 1. The van der Waals surface area contributed by atoms with Gasteiger partial charge in [-0.25, -0.2) is 22.9 Å². The Kier molecular flexibility index (Phi) is 5.68. The molecule has 3 N–H and O–H groups in total. The number of carbonyl (C=O) groups excluding carboxylic acids is 1. The molecule has 1 amide bonds. The van der Waals surface area contributed by atoms with E-state index in [9.17, 15) is 9.00 Å². The van der Waals surface area contributed by atoms with Crippen LogP contribution >= 0.6 is 0 Å². The van der Waals surface area contributed by atoms with Gasteiger partial charge in [0.2, 0.25) is 0 Å². The van der Waals surface area contributed by atoms with Crippen LogP contribution in [0.4, 0.5) is 10.2 Å². The van der Waals surface area contributed by atoms with Crippen LogP contribution in [0, 0.1) is 24.1 Å². The Labute approximate surface area is 197 Å². The lowest BCUT2D eigenvalue weighted by atomic mass is 9.89. The van der Waals surface area contributed by atoms with Crippen molar-refractivity contribution in [2.75, 3.05) is 11.9 Å². The number of fused-ring (bicyclic) bond motifs is 1. The Morgan fingerprint density at radius 2 is 2.09 bits per heavy atom. The molecular formula is C23H26FN7O2S. The van der Waals surface area contributed by atoms with Gasteiger partial charge in [-0.1, -0.05) is 0 Å². The normalized spacial score (nSPS) is 27.5. The van der Waals surface area contributed by atoms with Crippen molar-refractivity contribution in [1.29, 1.82) is 5.26 Å². The number of nitrogens with one attached hydrogen (secondary N) is 1. The number of nitriles is 1. The first-order valence-corrected chi connectivity index (χ1v) is 12.4. The predicted molar refractivity (Wildman–Crippen MR) is 127 cm³/mol. The largest absolute Gasteiger partial charge is 0.386 e. The summed E-state index contributed by atoms with van der Waals surface area (Å²) in [6.07, 6.45) is 2.53. The molecule has 2 aliphatic heterocycles. The van der Waals surface area contributed by atoms with Gasteiger partial charge in [0.05, 0.1) is 20.5 Å². The summed E-state index contributed by atoms with van der Waals surface area (Å²) in [4.78, 5) is 25.9. The van der Waals surface area contributed by atoms with E-state index in [2.05, 4.69) is 24.6 Å². The maximum absolute atomic E-state index is 15.2. The zero-order valence-corrected chi connectivity index (χ0v) is 20.2. The molecule has 0 saturated heterocycles. The first-order chi connectivity index (χ1) is 15.9. The second-order valence-electron chi connectivity index (χ2n) is 9.19. The van der Waals surface area contributed by atoms with Gasteiger partial charge in [0.25, 0.3) is 5.91 Å². The molecule has 0 radical (unpaired) electrons. The molecule has 0 saturated carbocycles. The maximum Gasteiger partial charge on any atom is 0.275 e. The maximum atomic E-state index is 15.2. The number of nitrogens with two attached hydrogens (primary N) is 1. The average molecular weight is 484 g/mol. The monoisotopic (exact) mass is 483 g/mol. The number of pyridine rings is 2. The van der Waals surface area contributed by atoms with Crippen LogP contribution in [0.5, 0.6) is 0 Å². The van der Waals surface area contributed by atoms with Gasteiger partial charge in [-0.3, -0.25) is 9.79 Å². The quantitative estimate of drug-likeness (QED) is 0.686. The van der Waals surface area contributed by atoms with Crippen LogP contribution in [0.1, 0.15) is 60.9 Å². The first kappa shape index (κ1) is 23.8. The molecule has 2 aromatic heterocycles. The van der Waals surface area contributed by atoms with E-state index in [1.807, 2.05) is 6.07 Å². The summed E-state index contributed by atoms with van der Waals surface area (Å²) in [5, 5.41) is 11.0. The van der Waals surface area contributed by atoms with E-state index < -0.39 is 37.0 Å². The van der Waals surface area contributed by atoms with Crippen LogP contribution in [-0.4, -0.2) is 42.5 Å². The molecule has 0 aliphatic carbocycles. The van der Waals surface area contributed by atoms with Crippen molar-refractivity contribution in [3.05, 3.63) is 52.7 Å². The van der Waals surface area contributed by atoms with Crippen molar-refractivity contribution >= 4 is 27.3 Å². The standard InChI is InChI=1S/C23H26FN7O2S/c1-13-10-14(11-25)12-27-18(13)20(32)30-17-8-7-15(24)19(29-17)23(4)16-6-5-9-28-34(16,33)22(2,3)21(26)31-23/h7-8,10,12,16H,5-6,9H2,1-4H3,(H2,26,31)(H,29,30,32)/t16-,23+,34-/m1/s1. The number of hydrogen-bond donors (Lipinski definition) is 2. The fourth-order valence-corrected chi connectivity index (χ4v) is 7.80. The van der Waals surface area contributed by atoms with Crippen molar-refractivity contribution in [3.63, 3.8) is 0 Å². The molecule has 2 aliphatic rings. The Bertz CT molecular complexity index is 1390. The zero-order valence-electron chi connectivity index (χ0n) is 19.4. The molecule has 34 heavy (non-hydrogen) atoms. The molecule has 178 valence electrons. The van der Waals surface area contributed by atoms with Crippen molar-refractivity contribution < 1.29 is 13.4 Å². The minimum absolute atomic E-state index is 0.0527. The molecule has 4 heterocycles. The van der Waals surface area contributed by atoms with E-state index >= 15 is 4.39 Å². The Balaban J connectivity index is 1.77. The third-order valence-electron chi connectivity index (χ3n) is 6.61. The topological polar surface area (TPSA) is 146 Å². The van der Waals surface area contributed by atoms with Crippen molar-refractivity contribution in [2.45, 2.75) is 56.1 Å². The SMILES string of the molecule is Cc1cc(C#N)cnc1C(=O)Nc1ccc(F)c([C@@]2(C)N=C(N)C(C)(C)[S@@]3(=O)=NCCC[C@H]23)n1. The second-order valence-corrected chi connectivity index (χ2v) is 12.2. The summed E-state index contributed by atoms with van der Waals surface area (Å²) >= 11 is 0. The highest BCUT2D eigenvalue weighted by atomic mass is 32.2. The number of nitrogens with zero attached hydrogens (tertiary/aromatic N) is 5. The van der Waals surface area contributed by atoms with Gasteiger partial charge < -0.3 is 11.1 Å². The third kappa shape index (κ3) is 3.53. The molecule has 3 atom stereocenters. The van der Waals surface area contributed by atoms with Gasteiger partial charge in [0, 0.05) is 12.7 Å². The number of rotatable bonds is 3. The van der Waals surface area contributed by atoms with E-state index in [1.54, 1.807) is 33.8 Å². The lowest BCUT2D eigenvalue weighted by Gasteiger charge is -2.47. The summed E-state index contributed by atoms with van der Waals surface area (Å²) in [7, 11) is -2.88. The van der Waals surface area contributed by atoms with Gasteiger partial charge in [-0.05, 0) is 64.3 Å². The summed E-state index contributed by atoms with van der Waals surface area (Å²) in [5.74, 6) is -0.973. The van der Waals surface area contributed by atoms with Crippen LogP contribution in [0.2, 0.25) is 0 Å². The number of aromatic nitrogens is 2. The average Bonchev–Trinajstić information content (AvgIpc) is 2.79. The zero-order chi connectivity index (χ0) is 24.9. The highest BCUT2D eigenvalue weighted by Gasteiger charge is 2.56. The fraction of sp³-hybridized carbons (Fsp3) is 0.435. The summed E-state index contributed by atoms with van der Waals surface area (Å²) in [6.45, 7) is 7.29. The first-order valence-electron chi connectivity index (χ1n) is 10.9. The molecular weight excluding hydrogens is 457 g/mol. The highest BCUT2D eigenvalue weighted by Crippen LogP contribution is 2.46. The molecule has 0 fully saturated rings. The van der Waals surface area contributed by atoms with Crippen LogP contribution in [0.3, 0.4) is 0 Å². The van der Waals surface area contributed by atoms with Crippen molar-refractivity contribution in [2.24, 2.45) is 15.1 Å². The number of hydrogen-bond acceptors (Lipinski definition) is 8. The van der Waals surface area contributed by atoms with Crippen LogP contribution in [0.15, 0.2) is 33.8 Å². The molecule has 2 aromatic rings. The smallest absolute Gasteiger partial charge is 0.275 e. The molecule has 4 rings (SSSR count). The summed E-state index contributed by atoms with van der Waals surface area (Å²) < 4.78 is 32.8. The number of carbonyl (C=O) groups is 1. The number of amides is 1. The summed E-state index contributed by atoms with van der Waals surface area (Å²) in [5.41, 5.74) is 5.85. The molecule has 0 bridgehead atoms. The van der Waals surface area contributed by atoms with E-state index in [1.165, 1.54) is 18.3 Å². The lowest BCUT2D eigenvalue weighted by Crippen LogP contribution is -2.60. The predicted octanol–water partition coefficient (Wildman–Crippen LogP) is 3.04. The van der Waals surface area contributed by atoms with Crippen LogP contribution in [0.25, 0.3) is 0 Å². The Morgan fingerprint density at radius 1 is 1.35 bits per heavy atom. The van der Waals surface area contributed by atoms with Gasteiger partial charge in [-0.15, -0.1) is 0 Å². The Morgan fingerprint density at radius 3 is 2.76 bits per heavy atom. The van der Waals surface area contributed by atoms with Gasteiger partial charge in [-0.2, -0.15) is 5.26 Å². The van der Waals surface area contributed by atoms with Crippen LogP contribution in [-0.2, 0) is 15.3 Å². The minimum Gasteiger partial charge on any atom is -0.386 e. The fourth-order valence-electron chi connectivity index (χ4n) is 4.56. The van der Waals surface area contributed by atoms with Crippen molar-refractivity contribution in [3.8, 4) is 6.07 Å².